The SMILES string of the molecule is CCc1nsc(N2CCN(C(=NC)NCCCNS(C)(=O)=O)CC2)n1.I. The Morgan fingerprint density at radius 2 is 1.96 bits per heavy atom. The summed E-state index contributed by atoms with van der Waals surface area (Å²) in [5.41, 5.74) is 0. The number of aromatic nitrogens is 2. The number of hydrogen-bond donors (Lipinski definition) is 2. The largest absolute Gasteiger partial charge is 0.356 e. The van der Waals surface area contributed by atoms with E-state index in [1.165, 1.54) is 17.8 Å². The van der Waals surface area contributed by atoms with Crippen molar-refractivity contribution >= 4 is 56.6 Å². The molecule has 1 aliphatic heterocycles. The summed E-state index contributed by atoms with van der Waals surface area (Å²) in [5, 5.41) is 4.28. The van der Waals surface area contributed by atoms with E-state index in [4.69, 9.17) is 0 Å². The molecule has 0 amide bonds. The van der Waals surface area contributed by atoms with E-state index in [0.29, 0.717) is 19.5 Å². The summed E-state index contributed by atoms with van der Waals surface area (Å²) in [6.45, 7) is 6.65. The first-order valence-electron chi connectivity index (χ1n) is 8.40. The molecule has 1 fully saturated rings. The molecule has 9 nitrogen and oxygen atoms in total. The van der Waals surface area contributed by atoms with Crippen LogP contribution in [0.3, 0.4) is 0 Å². The fourth-order valence-corrected chi connectivity index (χ4v) is 3.82. The third-order valence-electron chi connectivity index (χ3n) is 3.84. The Bertz CT molecular complexity index is 673. The fraction of sp³-hybridized carbons (Fsp3) is 0.786. The second kappa shape index (κ2) is 11.2. The molecule has 0 atom stereocenters. The molecule has 0 unspecified atom stereocenters. The molecule has 0 saturated carbocycles. The molecular formula is C14H28IN7O2S2. The third-order valence-corrected chi connectivity index (χ3v) is 5.38. The summed E-state index contributed by atoms with van der Waals surface area (Å²) in [7, 11) is -1.35. The van der Waals surface area contributed by atoms with E-state index in [-0.39, 0.29) is 24.0 Å². The van der Waals surface area contributed by atoms with Gasteiger partial charge in [0.2, 0.25) is 15.2 Å². The Morgan fingerprint density at radius 3 is 2.50 bits per heavy atom. The first kappa shape index (κ1) is 23.3. The highest BCUT2D eigenvalue weighted by Crippen LogP contribution is 2.19. The maximum Gasteiger partial charge on any atom is 0.208 e. The maximum atomic E-state index is 11.0. The minimum Gasteiger partial charge on any atom is -0.356 e. The molecule has 1 saturated heterocycles. The number of hydrogen-bond acceptors (Lipinski definition) is 7. The number of halogens is 1. The number of guanidine groups is 1. The smallest absolute Gasteiger partial charge is 0.208 e. The van der Waals surface area contributed by atoms with Crippen LogP contribution in [0.25, 0.3) is 0 Å². The summed E-state index contributed by atoms with van der Waals surface area (Å²) in [4.78, 5) is 13.3. The number of anilines is 1. The number of aryl methyl sites for hydroxylation is 1. The standard InChI is InChI=1S/C14H27N7O2S2.HI/c1-4-12-18-14(24-19-12)21-10-8-20(9-11-21)13(15-2)16-6-5-7-17-25(3,22)23;/h17H,4-11H2,1-3H3,(H,15,16);1H. The normalized spacial score (nSPS) is 15.7. The quantitative estimate of drug-likeness (QED) is 0.233. The summed E-state index contributed by atoms with van der Waals surface area (Å²) >= 11 is 1.46. The molecule has 1 aromatic rings. The van der Waals surface area contributed by atoms with Gasteiger partial charge in [0.25, 0.3) is 0 Å². The van der Waals surface area contributed by atoms with Gasteiger partial charge in [-0.3, -0.25) is 4.99 Å². The molecule has 0 radical (unpaired) electrons. The van der Waals surface area contributed by atoms with Crippen LogP contribution in [0.4, 0.5) is 5.13 Å². The Hall–Kier alpha value is -0.730. The van der Waals surface area contributed by atoms with Crippen LogP contribution in [0.5, 0.6) is 0 Å². The molecule has 1 aromatic heterocycles. The first-order valence-corrected chi connectivity index (χ1v) is 11.1. The van der Waals surface area contributed by atoms with Gasteiger partial charge in [0.05, 0.1) is 6.26 Å². The Morgan fingerprint density at radius 1 is 1.27 bits per heavy atom. The van der Waals surface area contributed by atoms with Gasteiger partial charge in [-0.05, 0) is 6.42 Å². The van der Waals surface area contributed by atoms with Crippen molar-refractivity contribution < 1.29 is 8.42 Å². The minimum absolute atomic E-state index is 0. The van der Waals surface area contributed by atoms with E-state index in [0.717, 1.165) is 49.5 Å². The lowest BCUT2D eigenvalue weighted by molar-refractivity contribution is 0.372. The van der Waals surface area contributed by atoms with Crippen molar-refractivity contribution in [2.45, 2.75) is 19.8 Å². The van der Waals surface area contributed by atoms with E-state index in [2.05, 4.69) is 41.1 Å². The van der Waals surface area contributed by atoms with E-state index in [9.17, 15) is 8.42 Å². The van der Waals surface area contributed by atoms with Crippen LogP contribution in [-0.4, -0.2) is 81.2 Å². The predicted octanol–water partition coefficient (Wildman–Crippen LogP) is 0.355. The number of piperazine rings is 1. The zero-order chi connectivity index (χ0) is 18.3. The number of aliphatic imine (C=N–C) groups is 1. The van der Waals surface area contributed by atoms with Gasteiger partial charge in [0.1, 0.15) is 5.82 Å². The molecule has 26 heavy (non-hydrogen) atoms. The molecule has 1 aliphatic rings. The lowest BCUT2D eigenvalue weighted by atomic mass is 10.3. The van der Waals surface area contributed by atoms with Crippen molar-refractivity contribution in [3.63, 3.8) is 0 Å². The van der Waals surface area contributed by atoms with Crippen molar-refractivity contribution in [1.82, 2.24) is 24.3 Å². The minimum atomic E-state index is -3.12. The topological polar surface area (TPSA) is 103 Å². The molecule has 0 aromatic carbocycles. The highest BCUT2D eigenvalue weighted by atomic mass is 127. The van der Waals surface area contributed by atoms with E-state index in [1.54, 1.807) is 7.05 Å². The van der Waals surface area contributed by atoms with Crippen LogP contribution in [0, 0.1) is 0 Å². The molecule has 2 heterocycles. The van der Waals surface area contributed by atoms with Crippen molar-refractivity contribution in [3.05, 3.63) is 5.82 Å². The average Bonchev–Trinajstić information content (AvgIpc) is 3.06. The molecule has 12 heteroatoms. The molecule has 150 valence electrons. The summed E-state index contributed by atoms with van der Waals surface area (Å²) in [6, 6.07) is 0. The Balaban J connectivity index is 0.00000338. The Kier molecular flexibility index (Phi) is 10.0. The van der Waals surface area contributed by atoms with Gasteiger partial charge in [0.15, 0.2) is 5.96 Å². The van der Waals surface area contributed by atoms with Crippen LogP contribution < -0.4 is 14.9 Å². The van der Waals surface area contributed by atoms with E-state index in [1.807, 2.05) is 0 Å². The van der Waals surface area contributed by atoms with Crippen molar-refractivity contribution in [2.75, 3.05) is 57.5 Å². The summed E-state index contributed by atoms with van der Waals surface area (Å²) < 4.78 is 28.9. The van der Waals surface area contributed by atoms with Gasteiger partial charge in [-0.1, -0.05) is 6.92 Å². The molecule has 0 spiro atoms. The Labute approximate surface area is 176 Å². The first-order chi connectivity index (χ1) is 11.9. The van der Waals surface area contributed by atoms with E-state index >= 15 is 0 Å². The van der Waals surface area contributed by atoms with E-state index < -0.39 is 10.0 Å². The van der Waals surface area contributed by atoms with Gasteiger partial charge >= 0.3 is 0 Å². The van der Waals surface area contributed by atoms with Crippen LogP contribution in [0.15, 0.2) is 4.99 Å². The van der Waals surface area contributed by atoms with Crippen molar-refractivity contribution in [1.29, 1.82) is 0 Å². The number of nitrogens with zero attached hydrogens (tertiary/aromatic N) is 5. The van der Waals surface area contributed by atoms with Gasteiger partial charge < -0.3 is 15.1 Å². The lowest BCUT2D eigenvalue weighted by Crippen LogP contribution is -2.52. The zero-order valence-electron chi connectivity index (χ0n) is 15.4. The third kappa shape index (κ3) is 7.48. The maximum absolute atomic E-state index is 11.0. The highest BCUT2D eigenvalue weighted by Gasteiger charge is 2.21. The van der Waals surface area contributed by atoms with Gasteiger partial charge in [-0.25, -0.2) is 18.1 Å². The molecule has 2 rings (SSSR count). The number of sulfonamides is 1. The van der Waals surface area contributed by atoms with Gasteiger partial charge in [-0.2, -0.15) is 4.37 Å². The van der Waals surface area contributed by atoms with Gasteiger partial charge in [0, 0.05) is 64.3 Å². The zero-order valence-corrected chi connectivity index (χ0v) is 19.4. The van der Waals surface area contributed by atoms with Crippen LogP contribution in [-0.2, 0) is 16.4 Å². The van der Waals surface area contributed by atoms with Gasteiger partial charge in [-0.15, -0.1) is 24.0 Å². The lowest BCUT2D eigenvalue weighted by Gasteiger charge is -2.36. The number of nitrogens with one attached hydrogen (secondary N) is 2. The molecule has 0 aliphatic carbocycles. The van der Waals surface area contributed by atoms with Crippen LogP contribution in [0.2, 0.25) is 0 Å². The van der Waals surface area contributed by atoms with Crippen LogP contribution in [0.1, 0.15) is 19.2 Å². The predicted molar refractivity (Wildman–Crippen MR) is 117 cm³/mol. The monoisotopic (exact) mass is 517 g/mol. The van der Waals surface area contributed by atoms with Crippen molar-refractivity contribution in [3.8, 4) is 0 Å². The van der Waals surface area contributed by atoms with Crippen LogP contribution >= 0.6 is 35.5 Å². The highest BCUT2D eigenvalue weighted by molar-refractivity contribution is 14.0. The fourth-order valence-electron chi connectivity index (χ4n) is 2.50. The second-order valence-corrected chi connectivity index (χ2v) is 8.38. The molecule has 2 N–H and O–H groups in total. The summed E-state index contributed by atoms with van der Waals surface area (Å²) in [5.74, 6) is 1.76. The van der Waals surface area contributed by atoms with Crippen molar-refractivity contribution in [2.24, 2.45) is 4.99 Å². The molecular weight excluding hydrogens is 489 g/mol. The average molecular weight is 517 g/mol. The second-order valence-electron chi connectivity index (χ2n) is 5.81. The molecule has 0 bridgehead atoms. The number of rotatable bonds is 7. The summed E-state index contributed by atoms with van der Waals surface area (Å²) in [6.07, 6.45) is 2.73.